The van der Waals surface area contributed by atoms with E-state index < -0.39 is 0 Å². The molecular formula is C19H28N4O3. The highest BCUT2D eigenvalue weighted by molar-refractivity contribution is 5.97. The van der Waals surface area contributed by atoms with Crippen molar-refractivity contribution in [3.63, 3.8) is 0 Å². The molecule has 0 aliphatic carbocycles. The predicted octanol–water partition coefficient (Wildman–Crippen LogP) is 1.69. The number of nitrogens with one attached hydrogen (secondary N) is 1. The van der Waals surface area contributed by atoms with Crippen LogP contribution in [-0.2, 0) is 11.8 Å². The summed E-state index contributed by atoms with van der Waals surface area (Å²) in [5.41, 5.74) is 2.37. The maximum Gasteiger partial charge on any atom is 0.251 e. The van der Waals surface area contributed by atoms with Gasteiger partial charge in [0, 0.05) is 38.9 Å². The topological polar surface area (TPSA) is 79.6 Å². The average molecular weight is 360 g/mol. The number of benzene rings is 1. The van der Waals surface area contributed by atoms with Crippen LogP contribution in [0.5, 0.6) is 0 Å². The lowest BCUT2D eigenvalue weighted by atomic mass is 10.2. The Bertz CT molecular complexity index is 771. The number of aromatic nitrogens is 2. The van der Waals surface area contributed by atoms with Gasteiger partial charge in [0.1, 0.15) is 0 Å². The standard InChI is InChI=1S/C19H28N4O3/c1-13(2)26-10-4-8-20-18(25)14-5-6-17-16(11-14)21-19(22(17)3)23-9-7-15(24)12-23/h5-6,11,13,15,24H,4,7-10,12H2,1-3H3,(H,20,25)/t15-/m0/s1. The third-order valence-electron chi connectivity index (χ3n) is 4.62. The highest BCUT2D eigenvalue weighted by Crippen LogP contribution is 2.25. The molecule has 1 aliphatic rings. The summed E-state index contributed by atoms with van der Waals surface area (Å²) in [7, 11) is 1.96. The summed E-state index contributed by atoms with van der Waals surface area (Å²) in [6.07, 6.45) is 1.47. The number of amides is 1. The van der Waals surface area contributed by atoms with E-state index in [0.29, 0.717) is 25.3 Å². The van der Waals surface area contributed by atoms with E-state index in [2.05, 4.69) is 15.2 Å². The Kier molecular flexibility index (Phi) is 5.78. The number of hydrogen-bond donors (Lipinski definition) is 2. The van der Waals surface area contributed by atoms with Crippen molar-refractivity contribution in [1.82, 2.24) is 14.9 Å². The molecular weight excluding hydrogens is 332 g/mol. The first kappa shape index (κ1) is 18.7. The molecule has 3 rings (SSSR count). The van der Waals surface area contributed by atoms with Gasteiger partial charge in [0.25, 0.3) is 5.91 Å². The summed E-state index contributed by atoms with van der Waals surface area (Å²) < 4.78 is 7.48. The summed E-state index contributed by atoms with van der Waals surface area (Å²) in [5.74, 6) is 0.736. The molecule has 7 nitrogen and oxygen atoms in total. The molecule has 1 aliphatic heterocycles. The van der Waals surface area contributed by atoms with E-state index in [1.807, 2.05) is 43.7 Å². The fourth-order valence-electron chi connectivity index (χ4n) is 3.23. The number of aliphatic hydroxyl groups excluding tert-OH is 1. The van der Waals surface area contributed by atoms with Crippen LogP contribution in [0.15, 0.2) is 18.2 Å². The van der Waals surface area contributed by atoms with Gasteiger partial charge in [-0.1, -0.05) is 0 Å². The molecule has 0 spiro atoms. The Morgan fingerprint density at radius 1 is 1.46 bits per heavy atom. The number of carbonyl (C=O) groups excluding carboxylic acids is 1. The highest BCUT2D eigenvalue weighted by Gasteiger charge is 2.24. The first-order chi connectivity index (χ1) is 12.5. The second kappa shape index (κ2) is 8.05. The predicted molar refractivity (Wildman–Crippen MR) is 102 cm³/mol. The van der Waals surface area contributed by atoms with Gasteiger partial charge in [-0.3, -0.25) is 4.79 Å². The molecule has 26 heavy (non-hydrogen) atoms. The monoisotopic (exact) mass is 360 g/mol. The van der Waals surface area contributed by atoms with Crippen LogP contribution in [0.25, 0.3) is 11.0 Å². The Hall–Kier alpha value is -2.12. The van der Waals surface area contributed by atoms with Crippen molar-refractivity contribution >= 4 is 22.9 Å². The van der Waals surface area contributed by atoms with Crippen LogP contribution in [0.3, 0.4) is 0 Å². The molecule has 2 heterocycles. The van der Waals surface area contributed by atoms with Gasteiger partial charge in [-0.25, -0.2) is 4.98 Å². The zero-order valence-corrected chi connectivity index (χ0v) is 15.7. The first-order valence-electron chi connectivity index (χ1n) is 9.25. The second-order valence-corrected chi connectivity index (χ2v) is 7.09. The number of carbonyl (C=O) groups is 1. The van der Waals surface area contributed by atoms with Crippen LogP contribution < -0.4 is 10.2 Å². The molecule has 0 saturated carbocycles. The minimum absolute atomic E-state index is 0.0970. The van der Waals surface area contributed by atoms with Gasteiger partial charge in [-0.2, -0.15) is 0 Å². The van der Waals surface area contributed by atoms with Crippen molar-refractivity contribution in [3.8, 4) is 0 Å². The van der Waals surface area contributed by atoms with Crippen LogP contribution in [0.2, 0.25) is 0 Å². The smallest absolute Gasteiger partial charge is 0.251 e. The maximum absolute atomic E-state index is 12.3. The van der Waals surface area contributed by atoms with E-state index in [-0.39, 0.29) is 18.1 Å². The van der Waals surface area contributed by atoms with Crippen LogP contribution >= 0.6 is 0 Å². The van der Waals surface area contributed by atoms with Gasteiger partial charge < -0.3 is 24.6 Å². The Balaban J connectivity index is 1.66. The van der Waals surface area contributed by atoms with Gasteiger partial charge in [0.05, 0.1) is 23.2 Å². The van der Waals surface area contributed by atoms with Gasteiger partial charge in [0.15, 0.2) is 0 Å². The van der Waals surface area contributed by atoms with Crippen molar-refractivity contribution in [2.45, 2.75) is 38.9 Å². The molecule has 1 fully saturated rings. The van der Waals surface area contributed by atoms with Crippen LogP contribution in [0.1, 0.15) is 37.0 Å². The zero-order valence-electron chi connectivity index (χ0n) is 15.7. The largest absolute Gasteiger partial charge is 0.391 e. The minimum atomic E-state index is -0.296. The third kappa shape index (κ3) is 4.16. The quantitative estimate of drug-likeness (QED) is 0.735. The fourth-order valence-corrected chi connectivity index (χ4v) is 3.23. The molecule has 0 unspecified atom stereocenters. The normalized spacial score (nSPS) is 17.4. The van der Waals surface area contributed by atoms with E-state index in [4.69, 9.17) is 4.74 Å². The van der Waals surface area contributed by atoms with Crippen molar-refractivity contribution in [1.29, 1.82) is 0 Å². The van der Waals surface area contributed by atoms with E-state index in [9.17, 15) is 9.90 Å². The summed E-state index contributed by atoms with van der Waals surface area (Å²) in [6.45, 7) is 6.62. The van der Waals surface area contributed by atoms with Gasteiger partial charge in [-0.15, -0.1) is 0 Å². The number of aryl methyl sites for hydroxylation is 1. The molecule has 1 aromatic carbocycles. The number of β-amino-alcohol motifs (C(OH)–C–C–N with tert-alkyl or cyclic N) is 1. The molecule has 1 amide bonds. The summed E-state index contributed by atoms with van der Waals surface area (Å²) >= 11 is 0. The molecule has 1 aromatic heterocycles. The van der Waals surface area contributed by atoms with E-state index >= 15 is 0 Å². The summed E-state index contributed by atoms with van der Waals surface area (Å²) in [5, 5.41) is 12.7. The van der Waals surface area contributed by atoms with Crippen LogP contribution in [-0.4, -0.2) is 59.0 Å². The van der Waals surface area contributed by atoms with Crippen LogP contribution in [0.4, 0.5) is 5.95 Å². The van der Waals surface area contributed by atoms with E-state index in [1.165, 1.54) is 0 Å². The number of aliphatic hydroxyl groups is 1. The number of nitrogens with zero attached hydrogens (tertiary/aromatic N) is 3. The number of hydrogen-bond acceptors (Lipinski definition) is 5. The summed E-state index contributed by atoms with van der Waals surface area (Å²) in [6, 6.07) is 5.58. The van der Waals surface area contributed by atoms with E-state index in [1.54, 1.807) is 0 Å². The molecule has 2 aromatic rings. The van der Waals surface area contributed by atoms with Gasteiger partial charge in [0.2, 0.25) is 5.95 Å². The summed E-state index contributed by atoms with van der Waals surface area (Å²) in [4.78, 5) is 19.1. The van der Waals surface area contributed by atoms with Gasteiger partial charge >= 0.3 is 0 Å². The molecule has 7 heteroatoms. The molecule has 1 atom stereocenters. The Morgan fingerprint density at radius 3 is 2.96 bits per heavy atom. The number of fused-ring (bicyclic) bond motifs is 1. The molecule has 0 radical (unpaired) electrons. The Labute approximate surface area is 154 Å². The van der Waals surface area contributed by atoms with Crippen molar-refractivity contribution in [2.75, 3.05) is 31.1 Å². The number of anilines is 1. The van der Waals surface area contributed by atoms with Gasteiger partial charge in [-0.05, 0) is 44.9 Å². The molecule has 142 valence electrons. The minimum Gasteiger partial charge on any atom is -0.391 e. The molecule has 2 N–H and O–H groups in total. The van der Waals surface area contributed by atoms with E-state index in [0.717, 1.165) is 36.4 Å². The fraction of sp³-hybridized carbons (Fsp3) is 0.579. The highest BCUT2D eigenvalue weighted by atomic mass is 16.5. The number of imidazole rings is 1. The number of ether oxygens (including phenoxy) is 1. The maximum atomic E-state index is 12.3. The lowest BCUT2D eigenvalue weighted by molar-refractivity contribution is 0.0757. The average Bonchev–Trinajstić information content (AvgIpc) is 3.17. The molecule has 0 bridgehead atoms. The van der Waals surface area contributed by atoms with Crippen molar-refractivity contribution in [2.24, 2.45) is 7.05 Å². The van der Waals surface area contributed by atoms with Crippen LogP contribution in [0, 0.1) is 0 Å². The lowest BCUT2D eigenvalue weighted by Crippen LogP contribution is -2.25. The number of rotatable bonds is 7. The third-order valence-corrected chi connectivity index (χ3v) is 4.62. The Morgan fingerprint density at radius 2 is 2.27 bits per heavy atom. The van der Waals surface area contributed by atoms with Crippen molar-refractivity contribution < 1.29 is 14.6 Å². The zero-order chi connectivity index (χ0) is 18.7. The second-order valence-electron chi connectivity index (χ2n) is 7.09. The van der Waals surface area contributed by atoms with Crippen molar-refractivity contribution in [3.05, 3.63) is 23.8 Å². The lowest BCUT2D eigenvalue weighted by Gasteiger charge is -2.16. The molecule has 1 saturated heterocycles. The SMILES string of the molecule is CC(C)OCCCNC(=O)c1ccc2c(c1)nc(N1CC[C@H](O)C1)n2C. The first-order valence-corrected chi connectivity index (χ1v) is 9.25.